The molecular weight excluding hydrogens is 312 g/mol. The van der Waals surface area contributed by atoms with Gasteiger partial charge in [-0.25, -0.2) is 4.79 Å². The monoisotopic (exact) mass is 330 g/mol. The summed E-state index contributed by atoms with van der Waals surface area (Å²) in [4.78, 5) is 15.7. The van der Waals surface area contributed by atoms with Crippen LogP contribution in [0.5, 0.6) is 5.75 Å². The van der Waals surface area contributed by atoms with Gasteiger partial charge < -0.3 is 10.1 Å². The molecule has 0 saturated heterocycles. The van der Waals surface area contributed by atoms with Crippen LogP contribution in [0.4, 0.5) is 4.79 Å². The largest absolute Gasteiger partial charge is 0.412 e. The molecule has 1 heterocycles. The van der Waals surface area contributed by atoms with Crippen molar-refractivity contribution in [3.8, 4) is 5.75 Å². The molecule has 0 aromatic carbocycles. The maximum atomic E-state index is 11.7. The van der Waals surface area contributed by atoms with E-state index in [9.17, 15) is 4.79 Å². The lowest BCUT2D eigenvalue weighted by Gasteiger charge is -2.21. The molecule has 0 saturated carbocycles. The number of carbonyl (C=O) groups excluding carboxylic acids is 1. The second-order valence-corrected chi connectivity index (χ2v) is 11.3. The van der Waals surface area contributed by atoms with E-state index < -0.39 is 14.2 Å². The van der Waals surface area contributed by atoms with Crippen LogP contribution in [0.25, 0.3) is 0 Å². The number of pyridine rings is 1. The number of amides is 1. The summed E-state index contributed by atoms with van der Waals surface area (Å²) in [6.07, 6.45) is 2.89. The Hall–Kier alpha value is -0.883. The summed E-state index contributed by atoms with van der Waals surface area (Å²) in [5.74, 6) is 0.543. The van der Waals surface area contributed by atoms with E-state index in [-0.39, 0.29) is 6.04 Å². The van der Waals surface area contributed by atoms with E-state index in [1.54, 1.807) is 12.4 Å². The minimum absolute atomic E-state index is 0.0490. The van der Waals surface area contributed by atoms with Crippen molar-refractivity contribution in [1.82, 2.24) is 10.3 Å². The molecule has 1 aromatic rings. The molecule has 1 N–H and O–H groups in total. The molecule has 100 valence electrons. The summed E-state index contributed by atoms with van der Waals surface area (Å²) >= 11 is 3.48. The van der Waals surface area contributed by atoms with Crippen molar-refractivity contribution in [2.75, 3.05) is 0 Å². The average Bonchev–Trinajstić information content (AvgIpc) is 2.13. The van der Waals surface area contributed by atoms with Crippen molar-refractivity contribution >= 4 is 35.3 Å². The Balaban J connectivity index is 3.03. The summed E-state index contributed by atoms with van der Waals surface area (Å²) in [6, 6.07) is 0.0490. The lowest BCUT2D eigenvalue weighted by atomic mass is 10.4. The Kier molecular flexibility index (Phi) is 4.92. The van der Waals surface area contributed by atoms with Gasteiger partial charge in [0.25, 0.3) is 0 Å². The molecule has 0 unspecified atom stereocenters. The van der Waals surface area contributed by atoms with E-state index in [0.29, 0.717) is 5.75 Å². The van der Waals surface area contributed by atoms with Crippen molar-refractivity contribution in [2.24, 2.45) is 0 Å². The van der Waals surface area contributed by atoms with E-state index in [4.69, 9.17) is 4.74 Å². The third-order valence-corrected chi connectivity index (χ3v) is 5.21. The summed E-state index contributed by atoms with van der Waals surface area (Å²) < 4.78 is 6.26. The Morgan fingerprint density at radius 3 is 2.50 bits per heavy atom. The standard InChI is InChI=1S/C12H19BrN2O2Si/c1-8(2)15-12(16)17-10-7-14-6-9(13)11(10)18(3,4)5/h6-8H,1-5H3,(H,15,16). The zero-order chi connectivity index (χ0) is 13.9. The zero-order valence-electron chi connectivity index (χ0n) is 11.4. The van der Waals surface area contributed by atoms with Gasteiger partial charge in [-0.1, -0.05) is 19.6 Å². The SMILES string of the molecule is CC(C)NC(=O)Oc1cncc(Br)c1[Si](C)(C)C. The Morgan fingerprint density at radius 2 is 2.00 bits per heavy atom. The van der Waals surface area contributed by atoms with Crippen molar-refractivity contribution in [1.29, 1.82) is 0 Å². The average molecular weight is 331 g/mol. The van der Waals surface area contributed by atoms with Crippen molar-refractivity contribution in [3.63, 3.8) is 0 Å². The molecule has 0 aliphatic heterocycles. The van der Waals surface area contributed by atoms with Gasteiger partial charge in [0.15, 0.2) is 5.75 Å². The molecule has 0 aliphatic rings. The maximum absolute atomic E-state index is 11.7. The van der Waals surface area contributed by atoms with Crippen LogP contribution in [0.1, 0.15) is 13.8 Å². The highest BCUT2D eigenvalue weighted by Crippen LogP contribution is 2.20. The van der Waals surface area contributed by atoms with Crippen LogP contribution in [0.2, 0.25) is 19.6 Å². The summed E-state index contributed by atoms with van der Waals surface area (Å²) in [5.41, 5.74) is 0. The first kappa shape index (κ1) is 15.2. The fourth-order valence-corrected chi connectivity index (χ4v) is 5.32. The van der Waals surface area contributed by atoms with Gasteiger partial charge >= 0.3 is 6.09 Å². The van der Waals surface area contributed by atoms with E-state index in [2.05, 4.69) is 45.9 Å². The van der Waals surface area contributed by atoms with Gasteiger partial charge in [0.1, 0.15) is 0 Å². The molecular formula is C12H19BrN2O2Si. The number of hydrogen-bond acceptors (Lipinski definition) is 3. The second kappa shape index (κ2) is 5.84. The molecule has 0 spiro atoms. The van der Waals surface area contributed by atoms with Crippen LogP contribution in [-0.4, -0.2) is 25.2 Å². The lowest BCUT2D eigenvalue weighted by Crippen LogP contribution is -2.42. The van der Waals surface area contributed by atoms with Crippen LogP contribution >= 0.6 is 15.9 Å². The number of ether oxygens (including phenoxy) is 1. The summed E-state index contributed by atoms with van der Waals surface area (Å²) in [6.45, 7) is 10.4. The van der Waals surface area contributed by atoms with Crippen LogP contribution < -0.4 is 15.2 Å². The first-order valence-corrected chi connectivity index (χ1v) is 10.1. The van der Waals surface area contributed by atoms with Crippen molar-refractivity contribution < 1.29 is 9.53 Å². The van der Waals surface area contributed by atoms with Crippen LogP contribution in [0.15, 0.2) is 16.9 Å². The number of halogens is 1. The predicted molar refractivity (Wildman–Crippen MR) is 79.2 cm³/mol. The van der Waals surface area contributed by atoms with Gasteiger partial charge in [-0.15, -0.1) is 0 Å². The molecule has 18 heavy (non-hydrogen) atoms. The minimum Gasteiger partial charge on any atom is -0.409 e. The maximum Gasteiger partial charge on any atom is 0.412 e. The molecule has 1 amide bonds. The molecule has 0 fully saturated rings. The molecule has 1 aromatic heterocycles. The zero-order valence-corrected chi connectivity index (χ0v) is 14.0. The molecule has 0 radical (unpaired) electrons. The minimum atomic E-state index is -1.62. The number of nitrogens with zero attached hydrogens (tertiary/aromatic N) is 1. The fourth-order valence-electron chi connectivity index (χ4n) is 1.59. The first-order valence-electron chi connectivity index (χ1n) is 5.84. The van der Waals surface area contributed by atoms with E-state index in [1.165, 1.54) is 0 Å². The number of carbonyl (C=O) groups is 1. The van der Waals surface area contributed by atoms with Crippen LogP contribution in [0, 0.1) is 0 Å². The summed E-state index contributed by atoms with van der Waals surface area (Å²) in [7, 11) is -1.62. The highest BCUT2D eigenvalue weighted by Gasteiger charge is 2.25. The third kappa shape index (κ3) is 4.10. The van der Waals surface area contributed by atoms with Gasteiger partial charge in [0.05, 0.1) is 14.3 Å². The Bertz CT molecular complexity index is 444. The van der Waals surface area contributed by atoms with Crippen LogP contribution in [0.3, 0.4) is 0 Å². The Labute approximate surface area is 117 Å². The van der Waals surface area contributed by atoms with Gasteiger partial charge in [0, 0.05) is 16.7 Å². The quantitative estimate of drug-likeness (QED) is 0.867. The third-order valence-electron chi connectivity index (χ3n) is 2.22. The number of rotatable bonds is 3. The number of nitrogens with one attached hydrogen (secondary N) is 1. The predicted octanol–water partition coefficient (Wildman–Crippen LogP) is 2.89. The normalized spacial score (nSPS) is 11.5. The highest BCUT2D eigenvalue weighted by molar-refractivity contribution is 9.10. The fraction of sp³-hybridized carbons (Fsp3) is 0.500. The highest BCUT2D eigenvalue weighted by atomic mass is 79.9. The molecule has 1 rings (SSSR count). The molecule has 0 atom stereocenters. The Morgan fingerprint density at radius 1 is 1.39 bits per heavy atom. The van der Waals surface area contributed by atoms with Gasteiger partial charge in [-0.2, -0.15) is 0 Å². The van der Waals surface area contributed by atoms with E-state index in [0.717, 1.165) is 9.66 Å². The topological polar surface area (TPSA) is 51.2 Å². The molecule has 0 aliphatic carbocycles. The summed E-state index contributed by atoms with van der Waals surface area (Å²) in [5, 5.41) is 3.77. The number of hydrogen-bond donors (Lipinski definition) is 1. The van der Waals surface area contributed by atoms with Gasteiger partial charge in [-0.05, 0) is 35.0 Å². The lowest BCUT2D eigenvalue weighted by molar-refractivity contribution is 0.198. The van der Waals surface area contributed by atoms with Gasteiger partial charge in [-0.3, -0.25) is 4.98 Å². The van der Waals surface area contributed by atoms with Crippen molar-refractivity contribution in [3.05, 3.63) is 16.9 Å². The van der Waals surface area contributed by atoms with Crippen LogP contribution in [-0.2, 0) is 0 Å². The molecule has 4 nitrogen and oxygen atoms in total. The smallest absolute Gasteiger partial charge is 0.409 e. The number of aromatic nitrogens is 1. The van der Waals surface area contributed by atoms with Gasteiger partial charge in [0.2, 0.25) is 0 Å². The van der Waals surface area contributed by atoms with Crippen molar-refractivity contribution in [2.45, 2.75) is 39.5 Å². The second-order valence-electron chi connectivity index (χ2n) is 5.43. The first-order chi connectivity index (χ1) is 8.21. The van der Waals surface area contributed by atoms with E-state index in [1.807, 2.05) is 13.8 Å². The molecule has 0 bridgehead atoms. The van der Waals surface area contributed by atoms with E-state index >= 15 is 0 Å². The molecule has 6 heteroatoms.